The van der Waals surface area contributed by atoms with Crippen LogP contribution in [0.4, 0.5) is 0 Å². The molecule has 4 heteroatoms. The molecule has 1 atom stereocenters. The summed E-state index contributed by atoms with van der Waals surface area (Å²) in [5.41, 5.74) is 1.66. The molecule has 4 nitrogen and oxygen atoms in total. The van der Waals surface area contributed by atoms with Gasteiger partial charge in [-0.05, 0) is 32.4 Å². The van der Waals surface area contributed by atoms with Gasteiger partial charge in [0.15, 0.2) is 0 Å². The maximum absolute atomic E-state index is 11.7. The van der Waals surface area contributed by atoms with Crippen LogP contribution in [0, 0.1) is 6.92 Å². The molecule has 2 N–H and O–H groups in total. The van der Waals surface area contributed by atoms with E-state index in [0.29, 0.717) is 5.56 Å². The van der Waals surface area contributed by atoms with Gasteiger partial charge in [-0.25, -0.2) is 0 Å². The summed E-state index contributed by atoms with van der Waals surface area (Å²) in [6, 6.07) is 7.37. The van der Waals surface area contributed by atoms with Gasteiger partial charge in [-0.3, -0.25) is 9.59 Å². The molecule has 0 heterocycles. The lowest BCUT2D eigenvalue weighted by Gasteiger charge is -2.11. The first-order chi connectivity index (χ1) is 8.52. The average Bonchev–Trinajstić information content (AvgIpc) is 2.36. The first-order valence-corrected chi connectivity index (χ1v) is 6.17. The van der Waals surface area contributed by atoms with Gasteiger partial charge in [0, 0.05) is 11.6 Å². The van der Waals surface area contributed by atoms with Gasteiger partial charge in [-0.15, -0.1) is 0 Å². The van der Waals surface area contributed by atoms with Crippen molar-refractivity contribution in [2.45, 2.75) is 33.2 Å². The van der Waals surface area contributed by atoms with E-state index in [4.69, 9.17) is 0 Å². The van der Waals surface area contributed by atoms with Crippen molar-refractivity contribution >= 4 is 11.8 Å². The smallest absolute Gasteiger partial charge is 0.251 e. The van der Waals surface area contributed by atoms with Crippen molar-refractivity contribution in [3.8, 4) is 0 Å². The van der Waals surface area contributed by atoms with Crippen molar-refractivity contribution in [2.75, 3.05) is 6.54 Å². The molecule has 0 aliphatic rings. The summed E-state index contributed by atoms with van der Waals surface area (Å²) in [6.45, 7) is 5.90. The average molecular weight is 248 g/mol. The van der Waals surface area contributed by atoms with Gasteiger partial charge in [0.05, 0.1) is 6.54 Å². The minimum absolute atomic E-state index is 0.0110. The second-order valence-electron chi connectivity index (χ2n) is 4.43. The van der Waals surface area contributed by atoms with Crippen LogP contribution in [0.25, 0.3) is 0 Å². The van der Waals surface area contributed by atoms with Crippen LogP contribution in [0.2, 0.25) is 0 Å². The van der Waals surface area contributed by atoms with Gasteiger partial charge >= 0.3 is 0 Å². The van der Waals surface area contributed by atoms with Crippen LogP contribution in [0.5, 0.6) is 0 Å². The Hall–Kier alpha value is -1.84. The summed E-state index contributed by atoms with van der Waals surface area (Å²) >= 11 is 0. The third-order valence-corrected chi connectivity index (χ3v) is 2.74. The Labute approximate surface area is 108 Å². The lowest BCUT2D eigenvalue weighted by Crippen LogP contribution is -2.40. The highest BCUT2D eigenvalue weighted by molar-refractivity contribution is 5.96. The highest BCUT2D eigenvalue weighted by Gasteiger charge is 2.09. The molecule has 0 saturated heterocycles. The number of aryl methyl sites for hydroxylation is 1. The Morgan fingerprint density at radius 1 is 1.22 bits per heavy atom. The Morgan fingerprint density at radius 3 is 2.39 bits per heavy atom. The second kappa shape index (κ2) is 6.79. The van der Waals surface area contributed by atoms with Crippen LogP contribution >= 0.6 is 0 Å². The number of benzene rings is 1. The summed E-state index contributed by atoms with van der Waals surface area (Å²) < 4.78 is 0. The molecule has 98 valence electrons. The molecular formula is C14H20N2O2. The van der Waals surface area contributed by atoms with Gasteiger partial charge in [0.25, 0.3) is 5.91 Å². The lowest BCUT2D eigenvalue weighted by atomic mass is 10.1. The predicted molar refractivity (Wildman–Crippen MR) is 71.4 cm³/mol. The van der Waals surface area contributed by atoms with E-state index in [1.807, 2.05) is 32.9 Å². The standard InChI is InChI=1S/C14H20N2O2/c1-4-11(3)16-13(17)9-15-14(18)12-7-5-10(2)6-8-12/h5-8,11H,4,9H2,1-3H3,(H,15,18)(H,16,17). The summed E-state index contributed by atoms with van der Waals surface area (Å²) in [6.07, 6.45) is 0.873. The van der Waals surface area contributed by atoms with E-state index in [2.05, 4.69) is 10.6 Å². The Balaban J connectivity index is 2.41. The number of nitrogens with one attached hydrogen (secondary N) is 2. The van der Waals surface area contributed by atoms with E-state index < -0.39 is 0 Å². The number of carbonyl (C=O) groups is 2. The fourth-order valence-electron chi connectivity index (χ4n) is 1.40. The molecule has 0 radical (unpaired) electrons. The van der Waals surface area contributed by atoms with Gasteiger partial charge in [0.2, 0.25) is 5.91 Å². The molecule has 1 aromatic carbocycles. The largest absolute Gasteiger partial charge is 0.352 e. The van der Waals surface area contributed by atoms with E-state index >= 15 is 0 Å². The van der Waals surface area contributed by atoms with E-state index in [-0.39, 0.29) is 24.4 Å². The second-order valence-corrected chi connectivity index (χ2v) is 4.43. The molecule has 0 aliphatic carbocycles. The summed E-state index contributed by atoms with van der Waals surface area (Å²) in [7, 11) is 0. The molecule has 1 aromatic rings. The van der Waals surface area contributed by atoms with Crippen molar-refractivity contribution < 1.29 is 9.59 Å². The maximum atomic E-state index is 11.7. The normalized spacial score (nSPS) is 11.7. The minimum Gasteiger partial charge on any atom is -0.352 e. The predicted octanol–water partition coefficient (Wildman–Crippen LogP) is 1.64. The lowest BCUT2D eigenvalue weighted by molar-refractivity contribution is -0.120. The zero-order valence-corrected chi connectivity index (χ0v) is 11.1. The third-order valence-electron chi connectivity index (χ3n) is 2.74. The highest BCUT2D eigenvalue weighted by atomic mass is 16.2. The van der Waals surface area contributed by atoms with Crippen molar-refractivity contribution in [3.05, 3.63) is 35.4 Å². The molecular weight excluding hydrogens is 228 g/mol. The number of amides is 2. The van der Waals surface area contributed by atoms with Crippen LogP contribution in [0.15, 0.2) is 24.3 Å². The summed E-state index contributed by atoms with van der Waals surface area (Å²) in [5, 5.41) is 5.39. The Bertz CT molecular complexity index is 412. The fourth-order valence-corrected chi connectivity index (χ4v) is 1.40. The fraction of sp³-hybridized carbons (Fsp3) is 0.429. The quantitative estimate of drug-likeness (QED) is 0.832. The molecule has 1 unspecified atom stereocenters. The topological polar surface area (TPSA) is 58.2 Å². The van der Waals surface area contributed by atoms with Crippen LogP contribution in [-0.4, -0.2) is 24.4 Å². The van der Waals surface area contributed by atoms with Crippen LogP contribution in [0.3, 0.4) is 0 Å². The van der Waals surface area contributed by atoms with Gasteiger partial charge in [-0.1, -0.05) is 24.6 Å². The van der Waals surface area contributed by atoms with Crippen molar-refractivity contribution in [1.29, 1.82) is 0 Å². The highest BCUT2D eigenvalue weighted by Crippen LogP contribution is 2.02. The third kappa shape index (κ3) is 4.57. The zero-order chi connectivity index (χ0) is 13.5. The summed E-state index contributed by atoms with van der Waals surface area (Å²) in [5.74, 6) is -0.390. The van der Waals surface area contributed by atoms with Crippen molar-refractivity contribution in [1.82, 2.24) is 10.6 Å². The van der Waals surface area contributed by atoms with Crippen LogP contribution in [0.1, 0.15) is 36.2 Å². The van der Waals surface area contributed by atoms with Crippen molar-refractivity contribution in [2.24, 2.45) is 0 Å². The van der Waals surface area contributed by atoms with E-state index in [0.717, 1.165) is 12.0 Å². The Morgan fingerprint density at radius 2 is 1.83 bits per heavy atom. The van der Waals surface area contributed by atoms with Gasteiger partial charge < -0.3 is 10.6 Å². The van der Waals surface area contributed by atoms with Crippen LogP contribution < -0.4 is 10.6 Å². The molecule has 18 heavy (non-hydrogen) atoms. The maximum Gasteiger partial charge on any atom is 0.251 e. The summed E-state index contributed by atoms with van der Waals surface area (Å²) in [4.78, 5) is 23.2. The van der Waals surface area contributed by atoms with E-state index in [1.54, 1.807) is 12.1 Å². The minimum atomic E-state index is -0.227. The number of carbonyl (C=O) groups excluding carboxylic acids is 2. The van der Waals surface area contributed by atoms with E-state index in [9.17, 15) is 9.59 Å². The molecule has 0 aliphatic heterocycles. The molecule has 0 bridgehead atoms. The van der Waals surface area contributed by atoms with Gasteiger partial charge in [0.1, 0.15) is 0 Å². The molecule has 0 fully saturated rings. The Kier molecular flexibility index (Phi) is 5.36. The molecule has 0 aromatic heterocycles. The number of hydrogen-bond donors (Lipinski definition) is 2. The SMILES string of the molecule is CCC(C)NC(=O)CNC(=O)c1ccc(C)cc1. The van der Waals surface area contributed by atoms with Crippen molar-refractivity contribution in [3.63, 3.8) is 0 Å². The molecule has 1 rings (SSSR count). The van der Waals surface area contributed by atoms with Crippen LogP contribution in [-0.2, 0) is 4.79 Å². The zero-order valence-electron chi connectivity index (χ0n) is 11.1. The monoisotopic (exact) mass is 248 g/mol. The number of rotatable bonds is 5. The molecule has 0 spiro atoms. The number of hydrogen-bond acceptors (Lipinski definition) is 2. The van der Waals surface area contributed by atoms with Gasteiger partial charge in [-0.2, -0.15) is 0 Å². The molecule has 0 saturated carbocycles. The first-order valence-electron chi connectivity index (χ1n) is 6.17. The first kappa shape index (κ1) is 14.2. The van der Waals surface area contributed by atoms with E-state index in [1.165, 1.54) is 0 Å². The molecule has 2 amide bonds.